The minimum atomic E-state index is -0.358. The quantitative estimate of drug-likeness (QED) is 0.508. The lowest BCUT2D eigenvalue weighted by atomic mass is 9.78. The number of amides is 1. The van der Waals surface area contributed by atoms with Crippen LogP contribution in [0.1, 0.15) is 43.8 Å². The zero-order valence-corrected chi connectivity index (χ0v) is 20.5. The van der Waals surface area contributed by atoms with Gasteiger partial charge in [0, 0.05) is 19.6 Å². The van der Waals surface area contributed by atoms with Gasteiger partial charge in [0.1, 0.15) is 0 Å². The van der Waals surface area contributed by atoms with Crippen LogP contribution in [0.4, 0.5) is 0 Å². The van der Waals surface area contributed by atoms with Crippen LogP contribution in [0.3, 0.4) is 0 Å². The summed E-state index contributed by atoms with van der Waals surface area (Å²) in [5.41, 5.74) is 1.02. The number of rotatable bonds is 7. The van der Waals surface area contributed by atoms with Gasteiger partial charge in [0.05, 0.1) is 12.6 Å². The summed E-state index contributed by atoms with van der Waals surface area (Å²) in [5.74, 6) is 1.86. The molecule has 0 spiro atoms. The molecular weight excluding hydrogens is 438 g/mol. The summed E-state index contributed by atoms with van der Waals surface area (Å²) >= 11 is 0. The van der Waals surface area contributed by atoms with Crippen LogP contribution < -0.4 is 0 Å². The van der Waals surface area contributed by atoms with E-state index in [0.717, 1.165) is 69.4 Å². The number of carbonyl (C=O) groups excluding carboxylic acids is 1. The molecule has 0 saturated carbocycles. The minimum Gasteiger partial charge on any atom is -0.483 e. The third-order valence-corrected chi connectivity index (χ3v) is 6.55. The van der Waals surface area contributed by atoms with Crippen molar-refractivity contribution in [3.8, 4) is 0 Å². The van der Waals surface area contributed by atoms with Crippen LogP contribution in [0.5, 0.6) is 0 Å². The first-order chi connectivity index (χ1) is 16.4. The third-order valence-electron chi connectivity index (χ3n) is 6.55. The maximum atomic E-state index is 12.2. The second kappa shape index (κ2) is 17.0. The molecule has 0 bridgehead atoms. The highest BCUT2D eigenvalue weighted by Crippen LogP contribution is 2.32. The molecule has 9 nitrogen and oxygen atoms in total. The predicted octanol–water partition coefficient (Wildman–Crippen LogP) is 2.02. The van der Waals surface area contributed by atoms with E-state index in [1.54, 1.807) is 0 Å². The van der Waals surface area contributed by atoms with E-state index in [-0.39, 0.29) is 25.0 Å². The number of likely N-dealkylation sites (tertiary alicyclic amines) is 2. The summed E-state index contributed by atoms with van der Waals surface area (Å²) in [6, 6.07) is 9.98. The molecule has 0 radical (unpaired) electrons. The lowest BCUT2D eigenvalue weighted by Crippen LogP contribution is -2.45. The van der Waals surface area contributed by atoms with Crippen LogP contribution in [0.15, 0.2) is 30.3 Å². The number of hydrogen-bond donors (Lipinski definition) is 3. The van der Waals surface area contributed by atoms with E-state index in [1.165, 1.54) is 12.8 Å². The first-order valence-corrected chi connectivity index (χ1v) is 11.9. The number of hydrogen-bond acceptors (Lipinski definition) is 6. The number of piperidine rings is 2. The van der Waals surface area contributed by atoms with Crippen molar-refractivity contribution in [1.29, 1.82) is 0 Å². The van der Waals surface area contributed by atoms with Crippen LogP contribution in [-0.4, -0.2) is 102 Å². The molecule has 0 aromatic heterocycles. The number of aliphatic hydroxyl groups is 1. The highest BCUT2D eigenvalue weighted by Gasteiger charge is 2.30. The lowest BCUT2D eigenvalue weighted by Gasteiger charge is -2.40. The zero-order chi connectivity index (χ0) is 25.3. The Labute approximate surface area is 203 Å². The lowest BCUT2D eigenvalue weighted by molar-refractivity contribution is -0.133. The summed E-state index contributed by atoms with van der Waals surface area (Å²) in [4.78, 5) is 35.5. The molecule has 1 aromatic carbocycles. The molecule has 2 aliphatic rings. The van der Waals surface area contributed by atoms with Crippen LogP contribution in [0.2, 0.25) is 0 Å². The number of carboxylic acid groups (broad SMARTS) is 2. The maximum Gasteiger partial charge on any atom is 0.290 e. The molecule has 192 valence electrons. The summed E-state index contributed by atoms with van der Waals surface area (Å²) in [5, 5.41) is 24.1. The number of carbonyl (C=O) groups is 3. The first kappa shape index (κ1) is 29.5. The average Bonchev–Trinajstić information content (AvgIpc) is 2.84. The van der Waals surface area contributed by atoms with Gasteiger partial charge >= 0.3 is 0 Å². The molecule has 3 N–H and O–H groups in total. The van der Waals surface area contributed by atoms with Crippen LogP contribution >= 0.6 is 0 Å². The molecule has 1 atom stereocenters. The van der Waals surface area contributed by atoms with Gasteiger partial charge in [0.25, 0.3) is 12.9 Å². The third kappa shape index (κ3) is 11.1. The largest absolute Gasteiger partial charge is 0.483 e. The Bertz CT molecular complexity index is 681. The molecule has 34 heavy (non-hydrogen) atoms. The van der Waals surface area contributed by atoms with Crippen LogP contribution in [0, 0.1) is 11.8 Å². The monoisotopic (exact) mass is 479 g/mol. The van der Waals surface area contributed by atoms with Crippen molar-refractivity contribution in [2.24, 2.45) is 11.8 Å². The smallest absolute Gasteiger partial charge is 0.290 e. The second-order valence-corrected chi connectivity index (χ2v) is 9.06. The zero-order valence-electron chi connectivity index (χ0n) is 20.5. The molecule has 2 heterocycles. The average molecular weight is 480 g/mol. The van der Waals surface area contributed by atoms with Gasteiger partial charge in [0.2, 0.25) is 5.91 Å². The summed E-state index contributed by atoms with van der Waals surface area (Å²) < 4.78 is 0. The molecule has 2 fully saturated rings. The van der Waals surface area contributed by atoms with E-state index in [2.05, 4.69) is 9.80 Å². The maximum absolute atomic E-state index is 12.2. The highest BCUT2D eigenvalue weighted by atomic mass is 16.3. The van der Waals surface area contributed by atoms with Crippen molar-refractivity contribution in [1.82, 2.24) is 14.7 Å². The number of nitrogens with zero attached hydrogens (tertiary/aromatic N) is 3. The minimum absolute atomic E-state index is 0.250. The molecule has 2 aliphatic heterocycles. The summed E-state index contributed by atoms with van der Waals surface area (Å²) in [6.45, 7) is 5.15. The Morgan fingerprint density at radius 1 is 0.971 bits per heavy atom. The molecule has 0 aliphatic carbocycles. The SMILES string of the molecule is CN(C)CC(=O)N1CCC(C2CCN(CC[C@@H](O)c3ccccc3)CC2)CC1.O=CO.O=CO. The van der Waals surface area contributed by atoms with Crippen molar-refractivity contribution in [2.75, 3.05) is 53.4 Å². The van der Waals surface area contributed by atoms with Crippen molar-refractivity contribution in [3.63, 3.8) is 0 Å². The number of benzene rings is 1. The van der Waals surface area contributed by atoms with Crippen LogP contribution in [-0.2, 0) is 14.4 Å². The van der Waals surface area contributed by atoms with Gasteiger partial charge in [-0.05, 0) is 76.7 Å². The first-order valence-electron chi connectivity index (χ1n) is 11.9. The molecule has 1 aromatic rings. The highest BCUT2D eigenvalue weighted by molar-refractivity contribution is 5.78. The molecule has 2 saturated heterocycles. The van der Waals surface area contributed by atoms with Crippen LogP contribution in [0.25, 0.3) is 0 Å². The Morgan fingerprint density at radius 2 is 1.44 bits per heavy atom. The molecule has 9 heteroatoms. The Kier molecular flexibility index (Phi) is 14.8. The Balaban J connectivity index is 0.000000872. The van der Waals surface area contributed by atoms with E-state index in [0.29, 0.717) is 6.54 Å². The van der Waals surface area contributed by atoms with Crippen molar-refractivity contribution in [2.45, 2.75) is 38.2 Å². The second-order valence-electron chi connectivity index (χ2n) is 9.06. The normalized spacial score (nSPS) is 18.2. The van der Waals surface area contributed by atoms with E-state index < -0.39 is 0 Å². The van der Waals surface area contributed by atoms with Gasteiger partial charge in [-0.2, -0.15) is 0 Å². The van der Waals surface area contributed by atoms with Gasteiger partial charge in [-0.1, -0.05) is 30.3 Å². The van der Waals surface area contributed by atoms with Gasteiger partial charge in [0.15, 0.2) is 0 Å². The van der Waals surface area contributed by atoms with Crippen molar-refractivity contribution in [3.05, 3.63) is 35.9 Å². The molecule has 1 amide bonds. The summed E-state index contributed by atoms with van der Waals surface area (Å²) in [7, 11) is 3.91. The van der Waals surface area contributed by atoms with Gasteiger partial charge in [-0.15, -0.1) is 0 Å². The molecular formula is C25H41N3O6. The predicted molar refractivity (Wildman–Crippen MR) is 130 cm³/mol. The molecule has 3 rings (SSSR count). The molecule has 0 unspecified atom stereocenters. The van der Waals surface area contributed by atoms with Crippen molar-refractivity contribution < 1.29 is 29.7 Å². The Morgan fingerprint density at radius 3 is 1.91 bits per heavy atom. The fourth-order valence-corrected chi connectivity index (χ4v) is 4.79. The standard InChI is InChI=1S/C23H37N3O2.2CH2O2/c1-24(2)18-23(28)26-16-10-20(11-17-26)19-8-13-25(14-9-19)15-12-22(27)21-6-4-3-5-7-21;2*2-1-3/h3-7,19-20,22,27H,8-18H2,1-2H3;2*1H,(H,2,3)/t22-;;/m1../s1. The Hall–Kier alpha value is -2.49. The topological polar surface area (TPSA) is 122 Å². The van der Waals surface area contributed by atoms with E-state index in [1.807, 2.05) is 49.3 Å². The number of likely N-dealkylation sites (N-methyl/N-ethyl adjacent to an activating group) is 1. The van der Waals surface area contributed by atoms with Crippen molar-refractivity contribution >= 4 is 18.9 Å². The van der Waals surface area contributed by atoms with E-state index in [4.69, 9.17) is 19.8 Å². The fraction of sp³-hybridized carbons (Fsp3) is 0.640. The van der Waals surface area contributed by atoms with Gasteiger partial charge < -0.3 is 30.0 Å². The van der Waals surface area contributed by atoms with Gasteiger partial charge in [-0.25, -0.2) is 0 Å². The summed E-state index contributed by atoms with van der Waals surface area (Å²) in [6.07, 6.45) is 5.30. The fourth-order valence-electron chi connectivity index (χ4n) is 4.79. The van der Waals surface area contributed by atoms with Gasteiger partial charge in [-0.3, -0.25) is 14.4 Å². The van der Waals surface area contributed by atoms with E-state index >= 15 is 0 Å². The van der Waals surface area contributed by atoms with E-state index in [9.17, 15) is 9.90 Å². The number of aliphatic hydroxyl groups excluding tert-OH is 1.